The average Bonchev–Trinajstić information content (AvgIpc) is 3.28. The molecule has 4 nitrogen and oxygen atoms in total. The molecule has 0 aliphatic heterocycles. The second-order valence-corrected chi connectivity index (χ2v) is 9.39. The summed E-state index contributed by atoms with van der Waals surface area (Å²) < 4.78 is 2.22. The molecular formula is C29H35N3O. The summed E-state index contributed by atoms with van der Waals surface area (Å²) in [5, 5.41) is 2.87. The van der Waals surface area contributed by atoms with Crippen LogP contribution in [0, 0.1) is 5.41 Å². The molecule has 4 heteroatoms. The van der Waals surface area contributed by atoms with E-state index in [4.69, 9.17) is 0 Å². The lowest BCUT2D eigenvalue weighted by Crippen LogP contribution is -2.25. The van der Waals surface area contributed by atoms with Gasteiger partial charge >= 0.3 is 0 Å². The summed E-state index contributed by atoms with van der Waals surface area (Å²) in [6.45, 7) is 10.9. The number of nitrogens with one attached hydrogen (secondary N) is 1. The zero-order chi connectivity index (χ0) is 23.8. The molecule has 1 aliphatic carbocycles. The maximum absolute atomic E-state index is 12.1. The summed E-state index contributed by atoms with van der Waals surface area (Å²) in [6, 6.07) is 9.84. The van der Waals surface area contributed by atoms with E-state index in [2.05, 4.69) is 67.0 Å². The van der Waals surface area contributed by atoms with Crippen LogP contribution < -0.4 is 5.32 Å². The first-order chi connectivity index (χ1) is 15.8. The second kappa shape index (κ2) is 11.0. The normalized spacial score (nSPS) is 19.5. The molecule has 3 rings (SSSR count). The Morgan fingerprint density at radius 2 is 1.91 bits per heavy atom. The van der Waals surface area contributed by atoms with E-state index in [0.29, 0.717) is 6.04 Å². The Morgan fingerprint density at radius 3 is 2.61 bits per heavy atom. The minimum Gasteiger partial charge on any atom is -0.330 e. The lowest BCUT2D eigenvalue weighted by atomic mass is 9.71. The molecular weight excluding hydrogens is 406 g/mol. The van der Waals surface area contributed by atoms with Crippen molar-refractivity contribution in [3.8, 4) is 0 Å². The molecule has 172 valence electrons. The molecule has 1 N–H and O–H groups in total. The van der Waals surface area contributed by atoms with Crippen molar-refractivity contribution >= 4 is 11.6 Å². The van der Waals surface area contributed by atoms with Crippen LogP contribution in [0.4, 0.5) is 5.69 Å². The number of hydrogen-bond donors (Lipinski definition) is 1. The maximum atomic E-state index is 12.1. The minimum atomic E-state index is -0.127. The van der Waals surface area contributed by atoms with Crippen LogP contribution in [0.25, 0.3) is 0 Å². The van der Waals surface area contributed by atoms with Crippen LogP contribution >= 0.6 is 0 Å². The van der Waals surface area contributed by atoms with Crippen molar-refractivity contribution in [2.75, 3.05) is 5.32 Å². The predicted molar refractivity (Wildman–Crippen MR) is 138 cm³/mol. The first kappa shape index (κ1) is 24.2. The summed E-state index contributed by atoms with van der Waals surface area (Å²) in [5.41, 5.74) is 5.81. The molecule has 1 atom stereocenters. The Hall–Kier alpha value is -3.40. The highest BCUT2D eigenvalue weighted by atomic mass is 16.1. The van der Waals surface area contributed by atoms with Crippen LogP contribution in [-0.4, -0.2) is 15.5 Å². The molecule has 1 aromatic carbocycles. The number of carbonyl (C=O) groups excluding carboxylic acids is 1. The van der Waals surface area contributed by atoms with Crippen molar-refractivity contribution in [2.24, 2.45) is 5.41 Å². The smallest absolute Gasteiger partial charge is 0.248 e. The van der Waals surface area contributed by atoms with Crippen molar-refractivity contribution in [1.82, 2.24) is 9.55 Å². The summed E-state index contributed by atoms with van der Waals surface area (Å²) in [6.07, 6.45) is 20.2. The monoisotopic (exact) mass is 441 g/mol. The van der Waals surface area contributed by atoms with Crippen molar-refractivity contribution in [3.63, 3.8) is 0 Å². The number of hydrogen-bond acceptors (Lipinski definition) is 2. The van der Waals surface area contributed by atoms with E-state index < -0.39 is 0 Å². The van der Waals surface area contributed by atoms with Crippen molar-refractivity contribution in [3.05, 3.63) is 108 Å². The molecule has 1 amide bonds. The topological polar surface area (TPSA) is 46.9 Å². The number of amides is 1. The third-order valence-corrected chi connectivity index (χ3v) is 6.21. The van der Waals surface area contributed by atoms with Crippen LogP contribution in [0.2, 0.25) is 0 Å². The number of nitrogens with zero attached hydrogens (tertiary/aromatic N) is 2. The van der Waals surface area contributed by atoms with E-state index in [-0.39, 0.29) is 11.3 Å². The molecule has 0 radical (unpaired) electrons. The number of allylic oxidation sites excluding steroid dienone is 9. The van der Waals surface area contributed by atoms with Gasteiger partial charge in [0.15, 0.2) is 0 Å². The summed E-state index contributed by atoms with van der Waals surface area (Å²) in [7, 11) is 0. The van der Waals surface area contributed by atoms with E-state index >= 15 is 0 Å². The lowest BCUT2D eigenvalue weighted by Gasteiger charge is -2.37. The lowest BCUT2D eigenvalue weighted by molar-refractivity contribution is -0.111. The number of benzene rings is 1. The number of imidazole rings is 1. The van der Waals surface area contributed by atoms with E-state index in [1.165, 1.54) is 11.1 Å². The van der Waals surface area contributed by atoms with Crippen molar-refractivity contribution in [1.29, 1.82) is 0 Å². The minimum absolute atomic E-state index is 0.127. The van der Waals surface area contributed by atoms with Crippen LogP contribution in [0.15, 0.2) is 108 Å². The highest BCUT2D eigenvalue weighted by Crippen LogP contribution is 2.45. The van der Waals surface area contributed by atoms with Crippen molar-refractivity contribution < 1.29 is 4.79 Å². The molecule has 0 saturated heterocycles. The van der Waals surface area contributed by atoms with E-state index in [1.54, 1.807) is 6.08 Å². The fourth-order valence-corrected chi connectivity index (χ4v) is 4.32. The average molecular weight is 442 g/mol. The second-order valence-electron chi connectivity index (χ2n) is 9.39. The Bertz CT molecular complexity index is 1100. The highest BCUT2D eigenvalue weighted by Gasteiger charge is 2.32. The van der Waals surface area contributed by atoms with Gasteiger partial charge in [0.2, 0.25) is 5.91 Å². The van der Waals surface area contributed by atoms with Gasteiger partial charge in [0.25, 0.3) is 0 Å². The Balaban J connectivity index is 1.66. The summed E-state index contributed by atoms with van der Waals surface area (Å²) in [4.78, 5) is 16.4. The highest BCUT2D eigenvalue weighted by molar-refractivity contribution is 5.99. The quantitative estimate of drug-likeness (QED) is 0.365. The summed E-state index contributed by atoms with van der Waals surface area (Å²) in [5.74, 6) is -0.127. The molecule has 1 aliphatic rings. The Kier molecular flexibility index (Phi) is 8.05. The van der Waals surface area contributed by atoms with Gasteiger partial charge in [-0.15, -0.1) is 0 Å². The predicted octanol–water partition coefficient (Wildman–Crippen LogP) is 7.20. The molecule has 0 spiro atoms. The van der Waals surface area contributed by atoms with E-state index in [1.807, 2.05) is 61.9 Å². The standard InChI is InChI=1S/C29H35N3O/c1-22(10-9-11-23(2)20-28(33)31-25-12-7-6-8-13-25)14-15-26-24(3)27(16-17-29(26,4)5)32-19-18-30-21-32/h6-15,18-21,27H,16-17H2,1-5H3,(H,31,33)/b11-9+,15-14+,22-10+,23-20+. The molecule has 33 heavy (non-hydrogen) atoms. The van der Waals surface area contributed by atoms with E-state index in [0.717, 1.165) is 29.7 Å². The van der Waals surface area contributed by atoms with Gasteiger partial charge in [-0.3, -0.25) is 4.79 Å². The van der Waals surface area contributed by atoms with Gasteiger partial charge in [-0.25, -0.2) is 4.98 Å². The zero-order valence-corrected chi connectivity index (χ0v) is 20.4. The first-order valence-electron chi connectivity index (χ1n) is 11.5. The van der Waals surface area contributed by atoms with Gasteiger partial charge in [0, 0.05) is 24.2 Å². The molecule has 0 fully saturated rings. The van der Waals surface area contributed by atoms with Crippen LogP contribution in [0.5, 0.6) is 0 Å². The molecule has 0 bridgehead atoms. The number of carbonyl (C=O) groups is 1. The van der Waals surface area contributed by atoms with Crippen LogP contribution in [0.1, 0.15) is 53.5 Å². The maximum Gasteiger partial charge on any atom is 0.248 e. The molecule has 2 aromatic rings. The largest absolute Gasteiger partial charge is 0.330 e. The van der Waals surface area contributed by atoms with Gasteiger partial charge in [-0.05, 0) is 67.9 Å². The van der Waals surface area contributed by atoms with E-state index in [9.17, 15) is 4.79 Å². The van der Waals surface area contributed by atoms with Gasteiger partial charge in [-0.1, -0.05) is 68.0 Å². The molecule has 1 aromatic heterocycles. The molecule has 1 heterocycles. The zero-order valence-electron chi connectivity index (χ0n) is 20.4. The number of anilines is 1. The number of para-hydroxylation sites is 1. The van der Waals surface area contributed by atoms with Gasteiger partial charge in [0.05, 0.1) is 12.4 Å². The SMILES string of the molecule is CC1=C(/C=C/C(C)=C/C=C/C(C)=C/C(=O)Nc2ccccc2)C(C)(C)CCC1n1ccnc1. The fraction of sp³-hybridized carbons (Fsp3) is 0.310. The molecule has 0 saturated carbocycles. The Labute approximate surface area is 198 Å². The van der Waals surface area contributed by atoms with Crippen LogP contribution in [-0.2, 0) is 4.79 Å². The Morgan fingerprint density at radius 1 is 1.15 bits per heavy atom. The fourth-order valence-electron chi connectivity index (χ4n) is 4.32. The third kappa shape index (κ3) is 6.79. The van der Waals surface area contributed by atoms with Gasteiger partial charge < -0.3 is 9.88 Å². The third-order valence-electron chi connectivity index (χ3n) is 6.21. The van der Waals surface area contributed by atoms with Crippen LogP contribution in [0.3, 0.4) is 0 Å². The van der Waals surface area contributed by atoms with Gasteiger partial charge in [0.1, 0.15) is 0 Å². The molecule has 1 unspecified atom stereocenters. The van der Waals surface area contributed by atoms with Gasteiger partial charge in [-0.2, -0.15) is 0 Å². The first-order valence-corrected chi connectivity index (χ1v) is 11.5. The summed E-state index contributed by atoms with van der Waals surface area (Å²) >= 11 is 0. The number of rotatable bonds is 7. The number of aromatic nitrogens is 2. The van der Waals surface area contributed by atoms with Crippen molar-refractivity contribution in [2.45, 2.75) is 53.5 Å².